The molecule has 39 heavy (non-hydrogen) atoms. The van der Waals surface area contributed by atoms with Gasteiger partial charge < -0.3 is 18.7 Å². The van der Waals surface area contributed by atoms with Crippen molar-refractivity contribution in [2.75, 3.05) is 4.90 Å². The quantitative estimate of drug-likeness (QED) is 0.210. The number of rotatable bonds is 5. The fourth-order valence-electron chi connectivity index (χ4n) is 6.21. The number of imidazole rings is 1. The fraction of sp³-hybridized carbons (Fsp3) is 0.393. The Kier molecular flexibility index (Phi) is 6.17. The number of carbonyl (C=O) groups is 1. The van der Waals surface area contributed by atoms with E-state index in [0.717, 1.165) is 37.1 Å². The molecule has 2 bridgehead atoms. The van der Waals surface area contributed by atoms with Gasteiger partial charge in [0.05, 0.1) is 15.6 Å². The van der Waals surface area contributed by atoms with Gasteiger partial charge >= 0.3 is 5.97 Å². The van der Waals surface area contributed by atoms with Gasteiger partial charge in [0.2, 0.25) is 5.95 Å². The highest BCUT2D eigenvalue weighted by Gasteiger charge is 2.45. The van der Waals surface area contributed by atoms with Crippen LogP contribution in [0, 0.1) is 5.82 Å². The second-order valence-electron chi connectivity index (χ2n) is 10.7. The van der Waals surface area contributed by atoms with Crippen LogP contribution in [0.5, 0.6) is 0 Å². The van der Waals surface area contributed by atoms with Crippen molar-refractivity contribution >= 4 is 62.1 Å². The Morgan fingerprint density at radius 2 is 1.82 bits per heavy atom. The zero-order chi connectivity index (χ0) is 27.0. The number of carbonyl (C=O) groups excluding carboxylic acids is 1. The number of aromatic nitrogens is 3. The van der Waals surface area contributed by atoms with E-state index in [1.165, 1.54) is 6.07 Å². The first-order valence-corrected chi connectivity index (χ1v) is 14.6. The lowest BCUT2D eigenvalue weighted by Gasteiger charge is -2.39. The van der Waals surface area contributed by atoms with Crippen LogP contribution in [0.4, 0.5) is 10.3 Å². The summed E-state index contributed by atoms with van der Waals surface area (Å²) in [5.74, 6) is 0.610. The molecule has 2 aromatic heterocycles. The smallest absolute Gasteiger partial charge is 0.344 e. The summed E-state index contributed by atoms with van der Waals surface area (Å²) in [5.41, 5.74) is 2.20. The maximum atomic E-state index is 14.6. The minimum Gasteiger partial charge on any atom is -0.458 e. The average molecular weight is 634 g/mol. The van der Waals surface area contributed by atoms with E-state index in [1.54, 1.807) is 18.2 Å². The van der Waals surface area contributed by atoms with E-state index in [2.05, 4.69) is 31.0 Å². The van der Waals surface area contributed by atoms with Crippen LogP contribution in [0.15, 0.2) is 39.3 Å². The largest absolute Gasteiger partial charge is 0.458 e. The number of esters is 1. The van der Waals surface area contributed by atoms with Gasteiger partial charge in [0, 0.05) is 47.9 Å². The van der Waals surface area contributed by atoms with Crippen LogP contribution >= 0.6 is 39.1 Å². The van der Waals surface area contributed by atoms with Crippen molar-refractivity contribution in [3.8, 4) is 11.3 Å². The molecule has 1 unspecified atom stereocenters. The summed E-state index contributed by atoms with van der Waals surface area (Å²) in [6, 6.07) is 8.74. The molecule has 3 aliphatic rings. The summed E-state index contributed by atoms with van der Waals surface area (Å²) in [5, 5.41) is 5.01. The lowest BCUT2D eigenvalue weighted by atomic mass is 9.99. The van der Waals surface area contributed by atoms with Gasteiger partial charge in [0.15, 0.2) is 11.6 Å². The number of piperidine rings is 1. The number of nitrogens with zero attached hydrogens (tertiary/aromatic N) is 4. The summed E-state index contributed by atoms with van der Waals surface area (Å²) in [6.07, 6.45) is 4.81. The zero-order valence-corrected chi connectivity index (χ0v) is 24.1. The van der Waals surface area contributed by atoms with Crippen molar-refractivity contribution in [3.05, 3.63) is 62.0 Å². The standard InChI is InChI=1S/C28H24BrCl2FN4O3/c1-35-21-10-14(29)9-20(32)24(21)33-28(35)36-15-7-8-16(36)12-17(11-15)38-27(37)23-25(34-39-26(23)13-5-6-13)22-18(30)3-2-4-19(22)31/h2-4,9-10,13,15-17H,5-8,11-12H2,1H3/t15-,16+,17?. The molecular weight excluding hydrogens is 610 g/mol. The van der Waals surface area contributed by atoms with Gasteiger partial charge in [-0.2, -0.15) is 0 Å². The second kappa shape index (κ2) is 9.49. The molecule has 2 saturated heterocycles. The molecule has 7 nitrogen and oxygen atoms in total. The normalized spacial score (nSPS) is 22.6. The number of benzene rings is 2. The van der Waals surface area contributed by atoms with Crippen LogP contribution in [0.1, 0.15) is 60.6 Å². The van der Waals surface area contributed by atoms with Crippen LogP contribution in [-0.4, -0.2) is 38.9 Å². The number of ether oxygens (including phenoxy) is 1. The third kappa shape index (κ3) is 4.24. The number of anilines is 1. The van der Waals surface area contributed by atoms with Gasteiger partial charge in [-0.25, -0.2) is 14.2 Å². The van der Waals surface area contributed by atoms with Crippen molar-refractivity contribution in [2.45, 2.75) is 62.6 Å². The first-order valence-electron chi connectivity index (χ1n) is 13.0. The molecule has 0 spiro atoms. The molecule has 0 N–H and O–H groups in total. The first-order chi connectivity index (χ1) is 18.8. The number of hydrogen-bond donors (Lipinski definition) is 0. The SMILES string of the molecule is Cn1c(N2[C@@H]3CC[C@H]2CC(OC(=O)c2c(-c4c(Cl)cccc4Cl)noc2C2CC2)C3)nc2c(F)cc(Br)cc21. The Morgan fingerprint density at radius 3 is 2.49 bits per heavy atom. The molecule has 0 radical (unpaired) electrons. The Labute approximate surface area is 242 Å². The van der Waals surface area contributed by atoms with Gasteiger partial charge in [-0.05, 0) is 49.9 Å². The third-order valence-electron chi connectivity index (χ3n) is 8.15. The van der Waals surface area contributed by atoms with Crippen molar-refractivity contribution in [1.29, 1.82) is 0 Å². The lowest BCUT2D eigenvalue weighted by Crippen LogP contribution is -2.47. The Balaban J connectivity index is 1.16. The highest BCUT2D eigenvalue weighted by atomic mass is 79.9. The molecular formula is C28H24BrCl2FN4O3. The predicted molar refractivity (Wildman–Crippen MR) is 150 cm³/mol. The highest BCUT2D eigenvalue weighted by Crippen LogP contribution is 2.47. The Morgan fingerprint density at radius 1 is 1.13 bits per heavy atom. The van der Waals surface area contributed by atoms with Gasteiger partial charge in [-0.1, -0.05) is 50.4 Å². The molecule has 3 atom stereocenters. The molecule has 2 aromatic carbocycles. The number of fused-ring (bicyclic) bond motifs is 3. The van der Waals surface area contributed by atoms with Gasteiger partial charge in [0.1, 0.15) is 22.9 Å². The molecule has 11 heteroatoms. The van der Waals surface area contributed by atoms with Crippen molar-refractivity contribution in [2.24, 2.45) is 7.05 Å². The lowest BCUT2D eigenvalue weighted by molar-refractivity contribution is 0.0201. The monoisotopic (exact) mass is 632 g/mol. The van der Waals surface area contributed by atoms with E-state index < -0.39 is 5.97 Å². The minimum absolute atomic E-state index is 0.131. The molecule has 3 fully saturated rings. The molecule has 2 aliphatic heterocycles. The van der Waals surface area contributed by atoms with Crippen molar-refractivity contribution in [1.82, 2.24) is 14.7 Å². The maximum Gasteiger partial charge on any atom is 0.344 e. The summed E-state index contributed by atoms with van der Waals surface area (Å²) >= 11 is 16.3. The molecule has 4 heterocycles. The first kappa shape index (κ1) is 25.4. The highest BCUT2D eigenvalue weighted by molar-refractivity contribution is 9.10. The van der Waals surface area contributed by atoms with Crippen LogP contribution in [0.25, 0.3) is 22.3 Å². The summed E-state index contributed by atoms with van der Waals surface area (Å²) in [4.78, 5) is 20.6. The van der Waals surface area contributed by atoms with E-state index >= 15 is 0 Å². The summed E-state index contributed by atoms with van der Waals surface area (Å²) in [7, 11) is 1.91. The maximum absolute atomic E-state index is 14.6. The minimum atomic E-state index is -0.461. The molecule has 0 amide bonds. The van der Waals surface area contributed by atoms with E-state index in [1.807, 2.05) is 17.7 Å². The van der Waals surface area contributed by atoms with Gasteiger partial charge in [0.25, 0.3) is 0 Å². The van der Waals surface area contributed by atoms with Gasteiger partial charge in [-0.15, -0.1) is 0 Å². The average Bonchev–Trinajstić information content (AvgIpc) is 3.48. The van der Waals surface area contributed by atoms with Crippen LogP contribution in [0.2, 0.25) is 10.0 Å². The van der Waals surface area contributed by atoms with E-state index in [-0.39, 0.29) is 29.9 Å². The number of aryl methyl sites for hydroxylation is 1. The third-order valence-corrected chi connectivity index (χ3v) is 9.23. The molecule has 1 saturated carbocycles. The molecule has 4 aromatic rings. The van der Waals surface area contributed by atoms with Gasteiger partial charge in [-0.3, -0.25) is 0 Å². The Hall–Kier alpha value is -2.62. The fourth-order valence-corrected chi connectivity index (χ4v) is 7.21. The van der Waals surface area contributed by atoms with E-state index in [0.29, 0.717) is 55.5 Å². The van der Waals surface area contributed by atoms with Crippen LogP contribution in [0.3, 0.4) is 0 Å². The predicted octanol–water partition coefficient (Wildman–Crippen LogP) is 7.67. The van der Waals surface area contributed by atoms with Crippen LogP contribution in [-0.2, 0) is 11.8 Å². The molecule has 202 valence electrons. The van der Waals surface area contributed by atoms with Crippen molar-refractivity contribution in [3.63, 3.8) is 0 Å². The molecule has 1 aliphatic carbocycles. The number of halogens is 4. The topological polar surface area (TPSA) is 73.4 Å². The second-order valence-corrected chi connectivity index (χ2v) is 12.4. The van der Waals surface area contributed by atoms with Crippen molar-refractivity contribution < 1.29 is 18.4 Å². The zero-order valence-electron chi connectivity index (χ0n) is 21.0. The van der Waals surface area contributed by atoms with E-state index in [4.69, 9.17) is 32.5 Å². The van der Waals surface area contributed by atoms with E-state index in [9.17, 15) is 9.18 Å². The summed E-state index contributed by atoms with van der Waals surface area (Å²) in [6.45, 7) is 0. The summed E-state index contributed by atoms with van der Waals surface area (Å²) < 4.78 is 29.1. The Bertz CT molecular complexity index is 1600. The van der Waals surface area contributed by atoms with Crippen LogP contribution < -0.4 is 4.90 Å². The number of hydrogen-bond acceptors (Lipinski definition) is 6. The molecule has 7 rings (SSSR count).